The standard InChI is InChI=1S/C43H50FN9O5/c1-49-12-4-7-35(49)33-19-27-23-45-38(22-32(27)46-33)47-42(56)40-31(44)20-28(21-37(40)58-2)51-17-15-50(16-18-51)24-26-10-13-52(14-11-26)34-6-3-5-29-30(34)25-53(43(29)57)36-8-9-39(54)48-41(36)55/h3,5-6,19-23,26,35-36,46H,4,7-18,24-25H2,1-2H3,(H,45,47,56)(H,48,54,55)/t35-,36?/m1/s1. The molecule has 9 rings (SSSR count). The minimum absolute atomic E-state index is 0.150. The normalized spacial score (nSPS) is 22.2. The number of carbonyl (C=O) groups is 4. The van der Waals surface area contributed by atoms with Crippen molar-refractivity contribution in [1.29, 1.82) is 0 Å². The van der Waals surface area contributed by atoms with E-state index in [9.17, 15) is 19.2 Å². The van der Waals surface area contributed by atoms with Gasteiger partial charge in [0.15, 0.2) is 0 Å². The fourth-order valence-corrected chi connectivity index (χ4v) is 9.69. The summed E-state index contributed by atoms with van der Waals surface area (Å²) in [6.45, 7) is 7.28. The molecule has 4 aromatic rings. The Bertz CT molecular complexity index is 2260. The lowest BCUT2D eigenvalue weighted by atomic mass is 9.94. The number of halogens is 1. The molecule has 0 bridgehead atoms. The minimum Gasteiger partial charge on any atom is -0.496 e. The summed E-state index contributed by atoms with van der Waals surface area (Å²) in [5.74, 6) is -1.07. The van der Waals surface area contributed by atoms with Gasteiger partial charge in [-0.3, -0.25) is 34.3 Å². The van der Waals surface area contributed by atoms with Gasteiger partial charge in [0.25, 0.3) is 11.8 Å². The number of hydrogen-bond donors (Lipinski definition) is 3. The largest absolute Gasteiger partial charge is 0.496 e. The van der Waals surface area contributed by atoms with Gasteiger partial charge < -0.3 is 29.7 Å². The minimum atomic E-state index is -0.648. The lowest BCUT2D eigenvalue weighted by Crippen LogP contribution is -2.52. The number of aromatic amines is 1. The lowest BCUT2D eigenvalue weighted by molar-refractivity contribution is -0.136. The molecule has 58 heavy (non-hydrogen) atoms. The number of methoxy groups -OCH3 is 1. The quantitative estimate of drug-likeness (QED) is 0.207. The second-order valence-corrected chi connectivity index (χ2v) is 16.4. The second kappa shape index (κ2) is 15.7. The number of rotatable bonds is 9. The Morgan fingerprint density at radius 2 is 1.76 bits per heavy atom. The summed E-state index contributed by atoms with van der Waals surface area (Å²) in [5.41, 5.74) is 5.16. The van der Waals surface area contributed by atoms with Crippen molar-refractivity contribution in [2.24, 2.45) is 5.92 Å². The molecule has 7 heterocycles. The van der Waals surface area contributed by atoms with E-state index in [4.69, 9.17) is 4.74 Å². The van der Waals surface area contributed by atoms with Crippen molar-refractivity contribution in [3.05, 3.63) is 76.9 Å². The van der Waals surface area contributed by atoms with Gasteiger partial charge in [0.2, 0.25) is 11.8 Å². The van der Waals surface area contributed by atoms with Crippen LogP contribution in [0.5, 0.6) is 5.75 Å². The summed E-state index contributed by atoms with van der Waals surface area (Å²) < 4.78 is 21.3. The molecule has 4 saturated heterocycles. The van der Waals surface area contributed by atoms with Gasteiger partial charge in [-0.2, -0.15) is 0 Å². The number of nitrogens with zero attached hydrogens (tertiary/aromatic N) is 6. The van der Waals surface area contributed by atoms with Crippen LogP contribution in [0.15, 0.2) is 48.7 Å². The molecule has 5 aliphatic heterocycles. The first-order chi connectivity index (χ1) is 28.1. The van der Waals surface area contributed by atoms with E-state index < -0.39 is 23.7 Å². The monoisotopic (exact) mass is 791 g/mol. The number of amides is 4. The van der Waals surface area contributed by atoms with E-state index in [1.54, 1.807) is 23.2 Å². The molecule has 14 nitrogen and oxygen atoms in total. The van der Waals surface area contributed by atoms with Gasteiger partial charge >= 0.3 is 0 Å². The van der Waals surface area contributed by atoms with Crippen LogP contribution >= 0.6 is 0 Å². The molecule has 3 N–H and O–H groups in total. The van der Waals surface area contributed by atoms with Crippen LogP contribution in [0.3, 0.4) is 0 Å². The number of piperidine rings is 2. The van der Waals surface area contributed by atoms with Crippen LogP contribution in [0, 0.1) is 11.7 Å². The summed E-state index contributed by atoms with van der Waals surface area (Å²) in [6.07, 6.45) is 6.59. The van der Waals surface area contributed by atoms with Crippen LogP contribution < -0.4 is 25.2 Å². The zero-order valence-electron chi connectivity index (χ0n) is 33.1. The van der Waals surface area contributed by atoms with Crippen molar-refractivity contribution in [3.63, 3.8) is 0 Å². The average molecular weight is 792 g/mol. The number of aromatic nitrogens is 2. The number of benzene rings is 2. The molecule has 4 amide bonds. The maximum Gasteiger partial charge on any atom is 0.263 e. The summed E-state index contributed by atoms with van der Waals surface area (Å²) in [5, 5.41) is 6.12. The Labute approximate surface area is 336 Å². The molecule has 2 atom stereocenters. The highest BCUT2D eigenvalue weighted by atomic mass is 19.1. The van der Waals surface area contributed by atoms with E-state index in [1.807, 2.05) is 12.1 Å². The number of imide groups is 1. The van der Waals surface area contributed by atoms with Crippen LogP contribution in [0.25, 0.3) is 10.9 Å². The van der Waals surface area contributed by atoms with Crippen LogP contribution in [0.2, 0.25) is 0 Å². The molecule has 304 valence electrons. The molecule has 4 fully saturated rings. The molecule has 1 unspecified atom stereocenters. The molecule has 2 aromatic carbocycles. The fourth-order valence-electron chi connectivity index (χ4n) is 9.69. The number of piperazine rings is 1. The highest BCUT2D eigenvalue weighted by molar-refractivity contribution is 6.07. The van der Waals surface area contributed by atoms with Crippen molar-refractivity contribution in [2.75, 3.05) is 81.6 Å². The third kappa shape index (κ3) is 7.25. The predicted octanol–water partition coefficient (Wildman–Crippen LogP) is 4.53. The molecule has 0 aliphatic carbocycles. The first kappa shape index (κ1) is 38.0. The summed E-state index contributed by atoms with van der Waals surface area (Å²) in [6, 6.07) is 12.6. The Morgan fingerprint density at radius 1 is 0.948 bits per heavy atom. The van der Waals surface area contributed by atoms with E-state index in [0.717, 1.165) is 106 Å². The maximum absolute atomic E-state index is 15.8. The van der Waals surface area contributed by atoms with Gasteiger partial charge in [0.1, 0.15) is 29.0 Å². The summed E-state index contributed by atoms with van der Waals surface area (Å²) >= 11 is 0. The van der Waals surface area contributed by atoms with Gasteiger partial charge in [0, 0.05) is 117 Å². The van der Waals surface area contributed by atoms with E-state index in [0.29, 0.717) is 42.0 Å². The van der Waals surface area contributed by atoms with Crippen molar-refractivity contribution >= 4 is 51.7 Å². The predicted molar refractivity (Wildman–Crippen MR) is 218 cm³/mol. The van der Waals surface area contributed by atoms with E-state index in [-0.39, 0.29) is 29.5 Å². The van der Waals surface area contributed by atoms with Crippen LogP contribution in [-0.2, 0) is 16.1 Å². The highest BCUT2D eigenvalue weighted by Crippen LogP contribution is 2.37. The molecule has 15 heteroatoms. The number of H-pyrrole nitrogens is 1. The number of pyridine rings is 1. The van der Waals surface area contributed by atoms with Gasteiger partial charge in [-0.1, -0.05) is 6.07 Å². The zero-order valence-corrected chi connectivity index (χ0v) is 33.1. The number of ether oxygens (including phenoxy) is 1. The third-order valence-electron chi connectivity index (χ3n) is 12.9. The van der Waals surface area contributed by atoms with Gasteiger partial charge in [0.05, 0.1) is 12.6 Å². The molecular formula is C43H50FN9O5. The Morgan fingerprint density at radius 3 is 2.50 bits per heavy atom. The first-order valence-electron chi connectivity index (χ1n) is 20.5. The van der Waals surface area contributed by atoms with Crippen molar-refractivity contribution in [1.82, 2.24) is 30.0 Å². The lowest BCUT2D eigenvalue weighted by Gasteiger charge is -2.40. The van der Waals surface area contributed by atoms with Crippen LogP contribution in [-0.4, -0.2) is 121 Å². The number of nitrogens with one attached hydrogen (secondary N) is 3. The molecule has 5 aliphatic rings. The molecular weight excluding hydrogens is 742 g/mol. The average Bonchev–Trinajstić information content (AvgIpc) is 3.94. The third-order valence-corrected chi connectivity index (χ3v) is 12.9. The van der Waals surface area contributed by atoms with E-state index >= 15 is 4.39 Å². The smallest absolute Gasteiger partial charge is 0.263 e. The summed E-state index contributed by atoms with van der Waals surface area (Å²) in [4.78, 5) is 69.9. The molecule has 0 saturated carbocycles. The van der Waals surface area contributed by atoms with Crippen molar-refractivity contribution in [3.8, 4) is 5.75 Å². The fraction of sp³-hybridized carbons (Fsp3) is 0.465. The van der Waals surface area contributed by atoms with Crippen LogP contribution in [0.1, 0.15) is 76.5 Å². The first-order valence-corrected chi connectivity index (χ1v) is 20.5. The van der Waals surface area contributed by atoms with Crippen molar-refractivity contribution in [2.45, 2.75) is 57.2 Å². The second-order valence-electron chi connectivity index (χ2n) is 16.4. The van der Waals surface area contributed by atoms with Gasteiger partial charge in [-0.05, 0) is 75.9 Å². The van der Waals surface area contributed by atoms with Gasteiger partial charge in [-0.25, -0.2) is 9.37 Å². The topological polar surface area (TPSA) is 146 Å². The number of likely N-dealkylation sites (tertiary alicyclic amines) is 1. The van der Waals surface area contributed by atoms with Crippen LogP contribution in [0.4, 0.5) is 21.6 Å². The molecule has 2 aromatic heterocycles. The number of carbonyl (C=O) groups excluding carboxylic acids is 4. The number of hydrogen-bond acceptors (Lipinski definition) is 10. The van der Waals surface area contributed by atoms with E-state index in [1.165, 1.54) is 13.2 Å². The maximum atomic E-state index is 15.8. The Kier molecular flexibility index (Phi) is 10.3. The zero-order chi connectivity index (χ0) is 40.1. The Hall–Kier alpha value is -5.54. The number of anilines is 3. The molecule has 0 radical (unpaired) electrons. The van der Waals surface area contributed by atoms with E-state index in [2.05, 4.69) is 59.4 Å². The highest BCUT2D eigenvalue weighted by Gasteiger charge is 2.40. The number of fused-ring (bicyclic) bond motifs is 2. The van der Waals surface area contributed by atoms with Crippen molar-refractivity contribution < 1.29 is 28.3 Å². The Balaban J connectivity index is 0.780. The molecule has 0 spiro atoms. The summed E-state index contributed by atoms with van der Waals surface area (Å²) in [7, 11) is 3.57. The van der Waals surface area contributed by atoms with Gasteiger partial charge in [-0.15, -0.1) is 0 Å². The SMILES string of the molecule is COc1cc(N2CCN(CC3CCN(c4cccc5c4CN(C4CCC(=O)NC4=O)C5=O)CC3)CC2)cc(F)c1C(=O)Nc1cc2[nH]c([C@H]3CCCN3C)cc2cn1.